The van der Waals surface area contributed by atoms with Gasteiger partial charge in [0.15, 0.2) is 0 Å². The first-order chi connectivity index (χ1) is 7.25. The molecule has 5 nitrogen and oxygen atoms in total. The van der Waals surface area contributed by atoms with Gasteiger partial charge in [0.1, 0.15) is 0 Å². The summed E-state index contributed by atoms with van der Waals surface area (Å²) in [4.78, 5) is 10.9. The molecule has 82 valence electrons. The van der Waals surface area contributed by atoms with Crippen molar-refractivity contribution in [3.8, 4) is 0 Å². The average Bonchev–Trinajstić information content (AvgIpc) is 2.63. The minimum Gasteiger partial charge on any atom is -0.355 e. The van der Waals surface area contributed by atoms with E-state index in [1.807, 2.05) is 13.1 Å². The van der Waals surface area contributed by atoms with Crippen LogP contribution >= 0.6 is 0 Å². The molecule has 2 rings (SSSR count). The molecule has 0 aromatic carbocycles. The fourth-order valence-corrected chi connectivity index (χ4v) is 1.72. The van der Waals surface area contributed by atoms with Gasteiger partial charge in [-0.1, -0.05) is 0 Å². The third-order valence-electron chi connectivity index (χ3n) is 2.78. The summed E-state index contributed by atoms with van der Waals surface area (Å²) in [6.07, 6.45) is 3.38. The Morgan fingerprint density at radius 3 is 3.13 bits per heavy atom. The van der Waals surface area contributed by atoms with Crippen molar-refractivity contribution in [3.63, 3.8) is 0 Å². The summed E-state index contributed by atoms with van der Waals surface area (Å²) >= 11 is 0. The molecule has 1 atom stereocenters. The number of aryl methyl sites for hydroxylation is 1. The van der Waals surface area contributed by atoms with Gasteiger partial charge in [-0.2, -0.15) is 5.10 Å². The first-order valence-electron chi connectivity index (χ1n) is 5.24. The van der Waals surface area contributed by atoms with Gasteiger partial charge in [-0.25, -0.2) is 0 Å². The van der Waals surface area contributed by atoms with Crippen LogP contribution in [0.15, 0.2) is 6.20 Å². The first kappa shape index (κ1) is 10.2. The van der Waals surface area contributed by atoms with E-state index in [4.69, 9.17) is 0 Å². The second kappa shape index (κ2) is 4.44. The van der Waals surface area contributed by atoms with Crippen LogP contribution in [0.4, 0.5) is 0 Å². The Hall–Kier alpha value is -1.36. The summed E-state index contributed by atoms with van der Waals surface area (Å²) in [5, 5.41) is 13.1. The second-order valence-corrected chi connectivity index (χ2v) is 3.94. The van der Waals surface area contributed by atoms with Gasteiger partial charge in [-0.3, -0.25) is 9.89 Å². The quantitative estimate of drug-likeness (QED) is 0.659. The van der Waals surface area contributed by atoms with Crippen molar-refractivity contribution in [1.29, 1.82) is 0 Å². The molecule has 0 spiro atoms. The maximum atomic E-state index is 10.9. The molecule has 3 N–H and O–H groups in total. The third kappa shape index (κ3) is 2.56. The average molecular weight is 208 g/mol. The fourth-order valence-electron chi connectivity index (χ4n) is 1.72. The van der Waals surface area contributed by atoms with E-state index in [1.165, 1.54) is 5.56 Å². The third-order valence-corrected chi connectivity index (χ3v) is 2.78. The Labute approximate surface area is 88.6 Å². The Kier molecular flexibility index (Phi) is 3.01. The van der Waals surface area contributed by atoms with Crippen molar-refractivity contribution in [2.24, 2.45) is 0 Å². The van der Waals surface area contributed by atoms with Crippen molar-refractivity contribution in [2.75, 3.05) is 6.54 Å². The highest BCUT2D eigenvalue weighted by atomic mass is 16.1. The van der Waals surface area contributed by atoms with Crippen LogP contribution in [0.5, 0.6) is 0 Å². The predicted molar refractivity (Wildman–Crippen MR) is 56.2 cm³/mol. The van der Waals surface area contributed by atoms with E-state index in [2.05, 4.69) is 20.8 Å². The molecule has 15 heavy (non-hydrogen) atoms. The van der Waals surface area contributed by atoms with Gasteiger partial charge in [-0.15, -0.1) is 0 Å². The minimum absolute atomic E-state index is 0.160. The van der Waals surface area contributed by atoms with E-state index in [9.17, 15) is 4.79 Å². The fraction of sp³-hybridized carbons (Fsp3) is 0.600. The number of piperidine rings is 1. The lowest BCUT2D eigenvalue weighted by molar-refractivity contribution is -0.122. The van der Waals surface area contributed by atoms with E-state index in [0.717, 1.165) is 25.2 Å². The zero-order valence-electron chi connectivity index (χ0n) is 8.84. The van der Waals surface area contributed by atoms with Crippen LogP contribution in [0, 0.1) is 6.92 Å². The number of amides is 1. The Morgan fingerprint density at radius 2 is 2.53 bits per heavy atom. The lowest BCUT2D eigenvalue weighted by Gasteiger charge is -2.23. The molecule has 1 amide bonds. The molecule has 0 bridgehead atoms. The Morgan fingerprint density at radius 1 is 1.67 bits per heavy atom. The Balaban J connectivity index is 1.79. The maximum Gasteiger partial charge on any atom is 0.220 e. The number of H-pyrrole nitrogens is 1. The van der Waals surface area contributed by atoms with Crippen molar-refractivity contribution in [1.82, 2.24) is 20.8 Å². The van der Waals surface area contributed by atoms with Crippen LogP contribution in [0.2, 0.25) is 0 Å². The number of hydrogen-bond donors (Lipinski definition) is 3. The van der Waals surface area contributed by atoms with Crippen LogP contribution in [0.3, 0.4) is 0 Å². The van der Waals surface area contributed by atoms with E-state index in [-0.39, 0.29) is 5.91 Å². The molecule has 1 aliphatic rings. The first-order valence-corrected chi connectivity index (χ1v) is 5.24. The molecular weight excluding hydrogens is 192 g/mol. The van der Waals surface area contributed by atoms with Gasteiger partial charge in [-0.05, 0) is 13.3 Å². The highest BCUT2D eigenvalue weighted by Gasteiger charge is 2.17. The summed E-state index contributed by atoms with van der Waals surface area (Å²) in [6.45, 7) is 3.55. The number of aromatic nitrogens is 2. The number of nitrogens with one attached hydrogen (secondary N) is 3. The minimum atomic E-state index is 0.160. The largest absolute Gasteiger partial charge is 0.355 e. The molecule has 1 aliphatic heterocycles. The molecule has 1 aromatic heterocycles. The van der Waals surface area contributed by atoms with Crippen LogP contribution in [0.1, 0.15) is 24.1 Å². The highest BCUT2D eigenvalue weighted by molar-refractivity contribution is 5.76. The van der Waals surface area contributed by atoms with Crippen molar-refractivity contribution in [2.45, 2.75) is 32.4 Å². The molecule has 2 heterocycles. The standard InChI is InChI=1S/C10H16N4O/c1-7-8(5-13-14-7)4-11-9-2-3-10(15)12-6-9/h5,9,11H,2-4,6H2,1H3,(H,12,15)(H,13,14). The number of hydrogen-bond acceptors (Lipinski definition) is 3. The Bertz CT molecular complexity index is 337. The molecule has 1 unspecified atom stereocenters. The summed E-state index contributed by atoms with van der Waals surface area (Å²) in [7, 11) is 0. The zero-order chi connectivity index (χ0) is 10.7. The van der Waals surface area contributed by atoms with Crippen LogP contribution in [0.25, 0.3) is 0 Å². The molecular formula is C10H16N4O. The number of carbonyl (C=O) groups excluding carboxylic acids is 1. The molecule has 1 aromatic rings. The van der Waals surface area contributed by atoms with Gasteiger partial charge >= 0.3 is 0 Å². The molecule has 1 fully saturated rings. The monoisotopic (exact) mass is 208 g/mol. The molecule has 1 saturated heterocycles. The normalized spacial score (nSPS) is 21.4. The van der Waals surface area contributed by atoms with Gasteiger partial charge < -0.3 is 10.6 Å². The van der Waals surface area contributed by atoms with Crippen molar-refractivity contribution >= 4 is 5.91 Å². The molecule has 0 aliphatic carbocycles. The number of rotatable bonds is 3. The van der Waals surface area contributed by atoms with E-state index in [0.29, 0.717) is 12.5 Å². The van der Waals surface area contributed by atoms with Gasteiger partial charge in [0.25, 0.3) is 0 Å². The molecule has 5 heteroatoms. The number of nitrogens with zero attached hydrogens (tertiary/aromatic N) is 1. The van der Waals surface area contributed by atoms with E-state index < -0.39 is 0 Å². The van der Waals surface area contributed by atoms with Gasteiger partial charge in [0.05, 0.1) is 6.20 Å². The van der Waals surface area contributed by atoms with Gasteiger partial charge in [0.2, 0.25) is 5.91 Å². The summed E-state index contributed by atoms with van der Waals surface area (Å²) < 4.78 is 0. The van der Waals surface area contributed by atoms with Crippen LogP contribution in [-0.2, 0) is 11.3 Å². The van der Waals surface area contributed by atoms with Crippen LogP contribution in [-0.4, -0.2) is 28.7 Å². The summed E-state index contributed by atoms with van der Waals surface area (Å²) in [5.74, 6) is 0.160. The van der Waals surface area contributed by atoms with E-state index in [1.54, 1.807) is 0 Å². The number of carbonyl (C=O) groups is 1. The molecule has 0 radical (unpaired) electrons. The SMILES string of the molecule is Cc1[nH]ncc1CNC1CCC(=O)NC1. The lowest BCUT2D eigenvalue weighted by atomic mass is 10.1. The smallest absolute Gasteiger partial charge is 0.220 e. The topological polar surface area (TPSA) is 69.8 Å². The highest BCUT2D eigenvalue weighted by Crippen LogP contribution is 2.06. The van der Waals surface area contributed by atoms with Crippen molar-refractivity contribution < 1.29 is 4.79 Å². The predicted octanol–water partition coefficient (Wildman–Crippen LogP) is 0.0863. The van der Waals surface area contributed by atoms with Crippen LogP contribution < -0.4 is 10.6 Å². The zero-order valence-corrected chi connectivity index (χ0v) is 8.84. The number of aromatic amines is 1. The summed E-state index contributed by atoms with van der Waals surface area (Å²) in [6, 6.07) is 0.386. The van der Waals surface area contributed by atoms with E-state index >= 15 is 0 Å². The lowest BCUT2D eigenvalue weighted by Crippen LogP contribution is -2.45. The van der Waals surface area contributed by atoms with Gasteiger partial charge in [0, 0.05) is 36.8 Å². The maximum absolute atomic E-state index is 10.9. The second-order valence-electron chi connectivity index (χ2n) is 3.94. The molecule has 0 saturated carbocycles. The van der Waals surface area contributed by atoms with Crippen molar-refractivity contribution in [3.05, 3.63) is 17.5 Å². The summed E-state index contributed by atoms with van der Waals surface area (Å²) in [5.41, 5.74) is 2.29.